The second kappa shape index (κ2) is 7.35. The number of nitrogens with zero attached hydrogens (tertiary/aromatic N) is 1. The first-order valence-corrected chi connectivity index (χ1v) is 8.06. The highest BCUT2D eigenvalue weighted by Gasteiger charge is 2.16. The number of carbonyl (C=O) groups is 1. The van der Waals surface area contributed by atoms with Crippen molar-refractivity contribution >= 4 is 5.91 Å². The van der Waals surface area contributed by atoms with E-state index in [1.807, 2.05) is 32.0 Å². The summed E-state index contributed by atoms with van der Waals surface area (Å²) in [4.78, 5) is 11.5. The number of ether oxygens (including phenoxy) is 2. The first-order valence-electron chi connectivity index (χ1n) is 8.06. The SMILES string of the molecule is CC(C)C(=O)NCCNCc1cn[nH]c1-c1ccc2c(c1)OCO2. The van der Waals surface area contributed by atoms with Gasteiger partial charge in [-0.05, 0) is 18.2 Å². The molecule has 0 fully saturated rings. The maximum atomic E-state index is 11.5. The predicted octanol–water partition coefficient (Wildman–Crippen LogP) is 1.67. The molecule has 0 saturated carbocycles. The highest BCUT2D eigenvalue weighted by atomic mass is 16.7. The third-order valence-corrected chi connectivity index (χ3v) is 3.82. The average molecular weight is 330 g/mol. The molecular weight excluding hydrogens is 308 g/mol. The molecule has 1 amide bonds. The molecule has 3 rings (SSSR count). The van der Waals surface area contributed by atoms with Gasteiger partial charge < -0.3 is 20.1 Å². The van der Waals surface area contributed by atoms with Gasteiger partial charge in [-0.2, -0.15) is 5.10 Å². The number of fused-ring (bicyclic) bond motifs is 1. The third-order valence-electron chi connectivity index (χ3n) is 3.82. The Kier molecular flexibility index (Phi) is 5.00. The summed E-state index contributed by atoms with van der Waals surface area (Å²) in [5.74, 6) is 1.59. The molecule has 0 bridgehead atoms. The lowest BCUT2D eigenvalue weighted by Gasteiger charge is -2.09. The zero-order valence-corrected chi connectivity index (χ0v) is 13.9. The van der Waals surface area contributed by atoms with Gasteiger partial charge in [-0.3, -0.25) is 9.89 Å². The average Bonchev–Trinajstić information content (AvgIpc) is 3.22. The van der Waals surface area contributed by atoms with E-state index in [9.17, 15) is 4.79 Å². The summed E-state index contributed by atoms with van der Waals surface area (Å²) in [7, 11) is 0. The summed E-state index contributed by atoms with van der Waals surface area (Å²) in [5.41, 5.74) is 3.01. The molecule has 0 atom stereocenters. The van der Waals surface area contributed by atoms with Crippen LogP contribution in [0.15, 0.2) is 24.4 Å². The zero-order valence-electron chi connectivity index (χ0n) is 13.9. The number of hydrogen-bond acceptors (Lipinski definition) is 5. The Balaban J connectivity index is 1.55. The first kappa shape index (κ1) is 16.3. The van der Waals surface area contributed by atoms with Gasteiger partial charge >= 0.3 is 0 Å². The molecular formula is C17H22N4O3. The van der Waals surface area contributed by atoms with E-state index in [0.717, 1.165) is 28.3 Å². The van der Waals surface area contributed by atoms with Crippen molar-refractivity contribution in [3.8, 4) is 22.8 Å². The van der Waals surface area contributed by atoms with E-state index in [1.54, 1.807) is 6.20 Å². The van der Waals surface area contributed by atoms with Crippen molar-refractivity contribution in [2.75, 3.05) is 19.9 Å². The minimum absolute atomic E-state index is 0.0106. The van der Waals surface area contributed by atoms with Gasteiger partial charge in [0.2, 0.25) is 12.7 Å². The maximum absolute atomic E-state index is 11.5. The largest absolute Gasteiger partial charge is 0.454 e. The predicted molar refractivity (Wildman–Crippen MR) is 89.7 cm³/mol. The van der Waals surface area contributed by atoms with Gasteiger partial charge in [0.15, 0.2) is 11.5 Å². The molecule has 2 aromatic rings. The van der Waals surface area contributed by atoms with Crippen molar-refractivity contribution in [2.45, 2.75) is 20.4 Å². The normalized spacial score (nSPS) is 12.6. The van der Waals surface area contributed by atoms with Gasteiger partial charge in [-0.1, -0.05) is 13.8 Å². The second-order valence-corrected chi connectivity index (χ2v) is 5.96. The van der Waals surface area contributed by atoms with Gasteiger partial charge in [0.25, 0.3) is 0 Å². The number of nitrogens with one attached hydrogen (secondary N) is 3. The summed E-state index contributed by atoms with van der Waals surface area (Å²) < 4.78 is 10.8. The van der Waals surface area contributed by atoms with Crippen LogP contribution < -0.4 is 20.1 Å². The smallest absolute Gasteiger partial charge is 0.231 e. The molecule has 3 N–H and O–H groups in total. The molecule has 1 aliphatic rings. The van der Waals surface area contributed by atoms with Gasteiger partial charge in [0, 0.05) is 36.7 Å². The van der Waals surface area contributed by atoms with Crippen molar-refractivity contribution in [3.05, 3.63) is 30.0 Å². The van der Waals surface area contributed by atoms with E-state index < -0.39 is 0 Å². The van der Waals surface area contributed by atoms with Crippen LogP contribution in [0.2, 0.25) is 0 Å². The van der Waals surface area contributed by atoms with Gasteiger partial charge in [-0.25, -0.2) is 0 Å². The molecule has 7 nitrogen and oxygen atoms in total. The molecule has 1 aromatic carbocycles. The van der Waals surface area contributed by atoms with Crippen LogP contribution in [0.4, 0.5) is 0 Å². The quantitative estimate of drug-likeness (QED) is 0.672. The summed E-state index contributed by atoms with van der Waals surface area (Å²) in [6.45, 7) is 5.99. The molecule has 0 saturated heterocycles. The van der Waals surface area contributed by atoms with Crippen LogP contribution in [0.25, 0.3) is 11.3 Å². The second-order valence-electron chi connectivity index (χ2n) is 5.96. The van der Waals surface area contributed by atoms with Gasteiger partial charge in [-0.15, -0.1) is 0 Å². The van der Waals surface area contributed by atoms with Crippen LogP contribution in [-0.2, 0) is 11.3 Å². The molecule has 1 aromatic heterocycles. The number of aromatic nitrogens is 2. The molecule has 7 heteroatoms. The van der Waals surface area contributed by atoms with E-state index in [4.69, 9.17) is 9.47 Å². The third kappa shape index (κ3) is 3.68. The summed E-state index contributed by atoms with van der Waals surface area (Å²) >= 11 is 0. The van der Waals surface area contributed by atoms with Crippen LogP contribution in [0, 0.1) is 5.92 Å². The number of H-pyrrole nitrogens is 1. The van der Waals surface area contributed by atoms with Gasteiger partial charge in [0.05, 0.1) is 11.9 Å². The lowest BCUT2D eigenvalue weighted by molar-refractivity contribution is -0.123. The maximum Gasteiger partial charge on any atom is 0.231 e. The number of aromatic amines is 1. The summed E-state index contributed by atoms with van der Waals surface area (Å²) in [5, 5.41) is 13.4. The summed E-state index contributed by atoms with van der Waals surface area (Å²) in [6.07, 6.45) is 1.81. The van der Waals surface area contributed by atoms with E-state index in [1.165, 1.54) is 0 Å². The fourth-order valence-corrected chi connectivity index (χ4v) is 2.45. The van der Waals surface area contributed by atoms with E-state index >= 15 is 0 Å². The Bertz CT molecular complexity index is 712. The minimum atomic E-state index is 0.0106. The van der Waals surface area contributed by atoms with Crippen molar-refractivity contribution in [1.82, 2.24) is 20.8 Å². The Morgan fingerprint density at radius 1 is 1.29 bits per heavy atom. The lowest BCUT2D eigenvalue weighted by atomic mass is 10.1. The van der Waals surface area contributed by atoms with Crippen molar-refractivity contribution in [3.63, 3.8) is 0 Å². The Morgan fingerprint density at radius 3 is 2.96 bits per heavy atom. The highest BCUT2D eigenvalue weighted by Crippen LogP contribution is 2.36. The van der Waals surface area contributed by atoms with Crippen molar-refractivity contribution in [2.24, 2.45) is 5.92 Å². The van der Waals surface area contributed by atoms with Crippen LogP contribution >= 0.6 is 0 Å². The number of rotatable bonds is 7. The molecule has 1 aliphatic heterocycles. The van der Waals surface area contributed by atoms with E-state index in [-0.39, 0.29) is 18.6 Å². The lowest BCUT2D eigenvalue weighted by Crippen LogP contribution is -2.34. The Morgan fingerprint density at radius 2 is 2.12 bits per heavy atom. The first-order chi connectivity index (χ1) is 11.6. The van der Waals surface area contributed by atoms with Crippen LogP contribution in [0.5, 0.6) is 11.5 Å². The Hall–Kier alpha value is -2.54. The number of carbonyl (C=O) groups excluding carboxylic acids is 1. The van der Waals surface area contributed by atoms with Crippen molar-refractivity contribution < 1.29 is 14.3 Å². The molecule has 0 unspecified atom stereocenters. The Labute approximate surface area is 140 Å². The van der Waals surface area contributed by atoms with Crippen LogP contribution in [0.3, 0.4) is 0 Å². The van der Waals surface area contributed by atoms with Crippen molar-refractivity contribution in [1.29, 1.82) is 0 Å². The van der Waals surface area contributed by atoms with E-state index in [2.05, 4.69) is 20.8 Å². The number of hydrogen-bond donors (Lipinski definition) is 3. The fourth-order valence-electron chi connectivity index (χ4n) is 2.45. The zero-order chi connectivity index (χ0) is 16.9. The van der Waals surface area contributed by atoms with E-state index in [0.29, 0.717) is 19.6 Å². The standard InChI is InChI=1S/C17H22N4O3/c1-11(2)17(22)19-6-5-18-8-13-9-20-21-16(13)12-3-4-14-15(7-12)24-10-23-14/h3-4,7,9,11,18H,5-6,8,10H2,1-2H3,(H,19,22)(H,20,21). The topological polar surface area (TPSA) is 88.3 Å². The number of benzene rings is 1. The molecule has 0 radical (unpaired) electrons. The van der Waals surface area contributed by atoms with Gasteiger partial charge in [0.1, 0.15) is 0 Å². The molecule has 2 heterocycles. The molecule has 0 spiro atoms. The molecule has 128 valence electrons. The summed E-state index contributed by atoms with van der Waals surface area (Å²) in [6, 6.07) is 5.83. The molecule has 24 heavy (non-hydrogen) atoms. The monoisotopic (exact) mass is 330 g/mol. The van der Waals surface area contributed by atoms with Crippen LogP contribution in [0.1, 0.15) is 19.4 Å². The fraction of sp³-hybridized carbons (Fsp3) is 0.412. The van der Waals surface area contributed by atoms with Crippen LogP contribution in [-0.4, -0.2) is 36.0 Å². The highest BCUT2D eigenvalue weighted by molar-refractivity contribution is 5.77. The minimum Gasteiger partial charge on any atom is -0.454 e. The molecule has 0 aliphatic carbocycles. The number of amides is 1.